The van der Waals surface area contributed by atoms with Crippen LogP contribution in [0.4, 0.5) is 5.69 Å². The van der Waals surface area contributed by atoms with Crippen LogP contribution in [0.1, 0.15) is 0 Å². The van der Waals surface area contributed by atoms with Crippen LogP contribution in [0.25, 0.3) is 0 Å². The predicted octanol–water partition coefficient (Wildman–Crippen LogP) is 1.28. The molecule has 0 fully saturated rings. The van der Waals surface area contributed by atoms with Crippen molar-refractivity contribution in [1.82, 2.24) is 4.98 Å². The lowest BCUT2D eigenvalue weighted by atomic mass is 9.75. The van der Waals surface area contributed by atoms with E-state index in [9.17, 15) is 0 Å². The minimum atomic E-state index is -0.115. The molecule has 0 bridgehead atoms. The van der Waals surface area contributed by atoms with E-state index in [1.165, 1.54) is 0 Å². The number of nitrogens with one attached hydrogen (secondary N) is 1. The minimum Gasteiger partial charge on any atom is -0.536 e. The van der Waals surface area contributed by atoms with E-state index in [1.54, 1.807) is 6.20 Å². The quantitative estimate of drug-likeness (QED) is 0.697. The zero-order valence-corrected chi connectivity index (χ0v) is 8.05. The van der Waals surface area contributed by atoms with Gasteiger partial charge in [-0.1, -0.05) is 18.2 Å². The number of hydrogen-bond donors (Lipinski definition) is 1. The maximum Gasteiger partial charge on any atom is 0.518 e. The molecule has 1 N–H and O–H groups in total. The zero-order valence-electron chi connectivity index (χ0n) is 8.05. The van der Waals surface area contributed by atoms with Gasteiger partial charge >= 0.3 is 7.05 Å². The molecule has 72 valence electrons. The van der Waals surface area contributed by atoms with Gasteiger partial charge in [0, 0.05) is 17.9 Å². The number of rotatable bonds is 1. The molecule has 1 aromatic heterocycles. The highest BCUT2D eigenvalue weighted by Crippen LogP contribution is 2.29. The molecule has 1 aromatic carbocycles. The number of nitrogens with zero attached hydrogens (tertiary/aromatic N) is 1. The van der Waals surface area contributed by atoms with E-state index in [-0.39, 0.29) is 7.05 Å². The topological polar surface area (TPSA) is 34.2 Å². The van der Waals surface area contributed by atoms with Crippen molar-refractivity contribution in [3.8, 4) is 5.75 Å². The van der Waals surface area contributed by atoms with Crippen LogP contribution in [0.15, 0.2) is 48.8 Å². The van der Waals surface area contributed by atoms with Gasteiger partial charge in [0.05, 0.1) is 5.69 Å². The van der Waals surface area contributed by atoms with E-state index in [1.807, 2.05) is 42.6 Å². The standard InChI is InChI=1S/C11H9BN2O/c1-2-6-11-10(5-1)14-12(15-11)9-4-3-7-13-8-9/h1-8,14H. The number of hydrogen-bond acceptors (Lipinski definition) is 3. The van der Waals surface area contributed by atoms with Crippen LogP contribution >= 0.6 is 0 Å². The molecule has 0 saturated carbocycles. The van der Waals surface area contributed by atoms with E-state index in [4.69, 9.17) is 4.65 Å². The van der Waals surface area contributed by atoms with E-state index in [2.05, 4.69) is 10.2 Å². The fourth-order valence-corrected chi connectivity index (χ4v) is 1.67. The number of benzene rings is 1. The van der Waals surface area contributed by atoms with Crippen molar-refractivity contribution in [3.05, 3.63) is 48.8 Å². The smallest absolute Gasteiger partial charge is 0.518 e. The Kier molecular flexibility index (Phi) is 1.84. The largest absolute Gasteiger partial charge is 0.536 e. The van der Waals surface area contributed by atoms with Crippen LogP contribution < -0.4 is 15.3 Å². The van der Waals surface area contributed by atoms with Crippen molar-refractivity contribution in [1.29, 1.82) is 0 Å². The molecule has 1 aliphatic heterocycles. The van der Waals surface area contributed by atoms with Crippen LogP contribution in [0, 0.1) is 0 Å². The maximum absolute atomic E-state index is 5.74. The van der Waals surface area contributed by atoms with Crippen molar-refractivity contribution in [2.24, 2.45) is 0 Å². The summed E-state index contributed by atoms with van der Waals surface area (Å²) in [5, 5.41) is 3.29. The molecule has 4 heteroatoms. The molecule has 0 unspecified atom stereocenters. The molecular weight excluding hydrogens is 187 g/mol. The highest BCUT2D eigenvalue weighted by molar-refractivity contribution is 6.72. The van der Waals surface area contributed by atoms with Gasteiger partial charge in [-0.2, -0.15) is 0 Å². The monoisotopic (exact) mass is 196 g/mol. The molecule has 3 rings (SSSR count). The summed E-state index contributed by atoms with van der Waals surface area (Å²) >= 11 is 0. The highest BCUT2D eigenvalue weighted by Gasteiger charge is 2.29. The number of fused-ring (bicyclic) bond motifs is 1. The summed E-state index contributed by atoms with van der Waals surface area (Å²) in [4.78, 5) is 4.07. The molecule has 0 saturated heterocycles. The van der Waals surface area contributed by atoms with Gasteiger partial charge in [0.15, 0.2) is 0 Å². The predicted molar refractivity (Wildman–Crippen MR) is 60.3 cm³/mol. The molecule has 0 aliphatic carbocycles. The highest BCUT2D eigenvalue weighted by atomic mass is 16.5. The first-order valence-electron chi connectivity index (χ1n) is 4.85. The zero-order chi connectivity index (χ0) is 10.1. The van der Waals surface area contributed by atoms with Gasteiger partial charge in [0.1, 0.15) is 5.75 Å². The van der Waals surface area contributed by atoms with Gasteiger partial charge in [0.25, 0.3) is 0 Å². The lowest BCUT2D eigenvalue weighted by Gasteiger charge is -2.04. The van der Waals surface area contributed by atoms with E-state index in [0.717, 1.165) is 16.9 Å². The summed E-state index contributed by atoms with van der Waals surface area (Å²) in [6.45, 7) is 0. The van der Waals surface area contributed by atoms with Gasteiger partial charge in [-0.25, -0.2) is 0 Å². The number of pyridine rings is 1. The fraction of sp³-hybridized carbons (Fsp3) is 0. The van der Waals surface area contributed by atoms with Gasteiger partial charge in [-0.15, -0.1) is 0 Å². The maximum atomic E-state index is 5.74. The fourth-order valence-electron chi connectivity index (χ4n) is 1.67. The first-order chi connectivity index (χ1) is 7.43. The van der Waals surface area contributed by atoms with Crippen LogP contribution in [0.3, 0.4) is 0 Å². The molecule has 3 nitrogen and oxygen atoms in total. The Morgan fingerprint density at radius 1 is 1.13 bits per heavy atom. The Morgan fingerprint density at radius 3 is 2.87 bits per heavy atom. The second-order valence-corrected chi connectivity index (χ2v) is 3.42. The SMILES string of the molecule is c1cncc(B2Nc3ccccc3O2)c1. The van der Waals surface area contributed by atoms with Crippen molar-refractivity contribution in [2.75, 3.05) is 5.23 Å². The normalized spacial score (nSPS) is 12.9. The van der Waals surface area contributed by atoms with Crippen LogP contribution in [0.5, 0.6) is 5.75 Å². The van der Waals surface area contributed by atoms with Gasteiger partial charge in [-0.3, -0.25) is 4.98 Å². The summed E-state index contributed by atoms with van der Waals surface area (Å²) in [6.07, 6.45) is 3.56. The first-order valence-corrected chi connectivity index (χ1v) is 4.85. The van der Waals surface area contributed by atoms with Crippen LogP contribution in [0.2, 0.25) is 0 Å². The van der Waals surface area contributed by atoms with Crippen molar-refractivity contribution < 1.29 is 4.65 Å². The van der Waals surface area contributed by atoms with Crippen LogP contribution in [-0.4, -0.2) is 12.0 Å². The average molecular weight is 196 g/mol. The number of para-hydroxylation sites is 2. The molecule has 0 amide bonds. The Hall–Kier alpha value is -1.97. The van der Waals surface area contributed by atoms with Crippen molar-refractivity contribution >= 4 is 18.2 Å². The second-order valence-electron chi connectivity index (χ2n) is 3.42. The molecule has 0 radical (unpaired) electrons. The molecule has 0 spiro atoms. The summed E-state index contributed by atoms with van der Waals surface area (Å²) in [7, 11) is -0.115. The summed E-state index contributed by atoms with van der Waals surface area (Å²) in [6, 6.07) is 11.8. The third-order valence-corrected chi connectivity index (χ3v) is 2.41. The number of anilines is 1. The van der Waals surface area contributed by atoms with Gasteiger partial charge in [0.2, 0.25) is 0 Å². The molecule has 0 atom stereocenters. The summed E-state index contributed by atoms with van der Waals surface area (Å²) in [5.41, 5.74) is 2.07. The summed E-state index contributed by atoms with van der Waals surface area (Å²) in [5.74, 6) is 0.895. The van der Waals surface area contributed by atoms with Crippen molar-refractivity contribution in [2.45, 2.75) is 0 Å². The third-order valence-electron chi connectivity index (χ3n) is 2.41. The molecular formula is C11H9BN2O. The lowest BCUT2D eigenvalue weighted by Crippen LogP contribution is -2.40. The average Bonchev–Trinajstić information content (AvgIpc) is 2.74. The Labute approximate surface area is 88.2 Å². The minimum absolute atomic E-state index is 0.115. The Bertz CT molecular complexity index is 450. The van der Waals surface area contributed by atoms with Crippen molar-refractivity contribution in [3.63, 3.8) is 0 Å². The number of aromatic nitrogens is 1. The molecule has 2 aromatic rings. The summed E-state index contributed by atoms with van der Waals surface area (Å²) < 4.78 is 5.74. The Morgan fingerprint density at radius 2 is 2.07 bits per heavy atom. The molecule has 1 aliphatic rings. The lowest BCUT2D eigenvalue weighted by molar-refractivity contribution is 0.605. The van der Waals surface area contributed by atoms with Gasteiger partial charge in [-0.05, 0) is 18.2 Å². The molecule has 2 heterocycles. The first kappa shape index (κ1) is 8.35. The Balaban J connectivity index is 1.91. The molecule has 15 heavy (non-hydrogen) atoms. The third kappa shape index (κ3) is 1.44. The van der Waals surface area contributed by atoms with Crippen LogP contribution in [-0.2, 0) is 0 Å². The van der Waals surface area contributed by atoms with E-state index < -0.39 is 0 Å². The second kappa shape index (κ2) is 3.31. The van der Waals surface area contributed by atoms with E-state index in [0.29, 0.717) is 0 Å². The van der Waals surface area contributed by atoms with Gasteiger partial charge < -0.3 is 9.88 Å². The van der Waals surface area contributed by atoms with E-state index >= 15 is 0 Å².